The fraction of sp³-hybridized carbons (Fsp3) is 0.273. The normalized spacial score (nSPS) is 14.1. The molecule has 0 amide bonds. The Bertz CT molecular complexity index is 1180. The van der Waals surface area contributed by atoms with Crippen LogP contribution < -0.4 is 0 Å². The maximum atomic E-state index is 12.5. The second kappa shape index (κ2) is 7.16. The summed E-state index contributed by atoms with van der Waals surface area (Å²) in [6.45, 7) is 1.71. The van der Waals surface area contributed by atoms with E-state index in [0.29, 0.717) is 5.82 Å². The van der Waals surface area contributed by atoms with E-state index in [9.17, 15) is 4.79 Å². The molecule has 29 heavy (non-hydrogen) atoms. The topological polar surface area (TPSA) is 91.2 Å². The van der Waals surface area contributed by atoms with Gasteiger partial charge in [0.2, 0.25) is 5.82 Å². The molecule has 3 aromatic heterocycles. The van der Waals surface area contributed by atoms with E-state index in [-0.39, 0.29) is 18.3 Å². The first-order valence-corrected chi connectivity index (χ1v) is 9.63. The average Bonchev–Trinajstić information content (AvgIpc) is 3.47. The summed E-state index contributed by atoms with van der Waals surface area (Å²) in [6.07, 6.45) is 7.76. The molecule has 1 atom stereocenters. The van der Waals surface area contributed by atoms with E-state index < -0.39 is 6.10 Å². The SMILES string of the molecule is CC(OC(=O)Cc1coc2cc3c(cc12)CCC3)c1nc(-c2cccnc2)no1. The van der Waals surface area contributed by atoms with Crippen molar-refractivity contribution in [1.82, 2.24) is 15.1 Å². The van der Waals surface area contributed by atoms with Crippen LogP contribution in [0, 0.1) is 0 Å². The third-order valence-electron chi connectivity index (χ3n) is 5.22. The van der Waals surface area contributed by atoms with Crippen molar-refractivity contribution in [3.05, 3.63) is 65.5 Å². The van der Waals surface area contributed by atoms with Crippen LogP contribution in [0.25, 0.3) is 22.4 Å². The molecule has 7 heteroatoms. The third kappa shape index (κ3) is 3.40. The Morgan fingerprint density at radius 3 is 2.97 bits per heavy atom. The van der Waals surface area contributed by atoms with Crippen molar-refractivity contribution in [2.24, 2.45) is 0 Å². The van der Waals surface area contributed by atoms with Crippen LogP contribution in [0.5, 0.6) is 0 Å². The monoisotopic (exact) mass is 389 g/mol. The molecule has 4 aromatic rings. The molecule has 1 aliphatic rings. The van der Waals surface area contributed by atoms with Crippen LogP contribution in [0.2, 0.25) is 0 Å². The molecule has 3 heterocycles. The van der Waals surface area contributed by atoms with E-state index in [0.717, 1.165) is 34.9 Å². The van der Waals surface area contributed by atoms with Gasteiger partial charge in [0, 0.05) is 28.9 Å². The maximum Gasteiger partial charge on any atom is 0.311 e. The second-order valence-corrected chi connectivity index (χ2v) is 7.24. The molecule has 0 radical (unpaired) electrons. The summed E-state index contributed by atoms with van der Waals surface area (Å²) in [6, 6.07) is 7.86. The molecular formula is C22H19N3O4. The molecule has 0 saturated heterocycles. The van der Waals surface area contributed by atoms with Crippen molar-refractivity contribution in [1.29, 1.82) is 0 Å². The van der Waals surface area contributed by atoms with E-state index in [1.807, 2.05) is 6.07 Å². The first-order chi connectivity index (χ1) is 14.2. The van der Waals surface area contributed by atoms with Gasteiger partial charge in [-0.2, -0.15) is 4.98 Å². The standard InChI is InChI=1S/C22H19N3O4/c1-13(22-24-21(25-29-22)16-6-3-7-23-11-16)28-20(26)10-17-12-27-19-9-15-5-2-4-14(15)8-18(17)19/h3,6-9,11-13H,2,4-5,10H2,1H3. The fourth-order valence-electron chi connectivity index (χ4n) is 3.74. The van der Waals surface area contributed by atoms with Gasteiger partial charge in [0.15, 0.2) is 6.10 Å². The average molecular weight is 389 g/mol. The second-order valence-electron chi connectivity index (χ2n) is 7.24. The number of aryl methyl sites for hydroxylation is 2. The zero-order chi connectivity index (χ0) is 19.8. The minimum absolute atomic E-state index is 0.125. The number of rotatable bonds is 5. The zero-order valence-corrected chi connectivity index (χ0v) is 15.9. The van der Waals surface area contributed by atoms with Gasteiger partial charge in [0.25, 0.3) is 5.89 Å². The van der Waals surface area contributed by atoms with Gasteiger partial charge in [-0.15, -0.1) is 0 Å². The molecule has 0 aliphatic heterocycles. The van der Waals surface area contributed by atoms with Gasteiger partial charge >= 0.3 is 5.97 Å². The van der Waals surface area contributed by atoms with Crippen molar-refractivity contribution in [2.45, 2.75) is 38.7 Å². The first kappa shape index (κ1) is 17.6. The van der Waals surface area contributed by atoms with Gasteiger partial charge in [-0.25, -0.2) is 0 Å². The van der Waals surface area contributed by atoms with E-state index >= 15 is 0 Å². The van der Waals surface area contributed by atoms with Crippen molar-refractivity contribution in [3.63, 3.8) is 0 Å². The first-order valence-electron chi connectivity index (χ1n) is 9.63. The lowest BCUT2D eigenvalue weighted by atomic mass is 10.0. The molecule has 0 spiro atoms. The maximum absolute atomic E-state index is 12.5. The molecule has 0 saturated carbocycles. The van der Waals surface area contributed by atoms with Gasteiger partial charge in [0.05, 0.1) is 12.7 Å². The number of pyridine rings is 1. The minimum atomic E-state index is -0.650. The summed E-state index contributed by atoms with van der Waals surface area (Å²) in [5, 5.41) is 4.91. The number of furan rings is 1. The molecular weight excluding hydrogens is 370 g/mol. The summed E-state index contributed by atoms with van der Waals surface area (Å²) < 4.78 is 16.4. The highest BCUT2D eigenvalue weighted by molar-refractivity contribution is 5.87. The highest BCUT2D eigenvalue weighted by Crippen LogP contribution is 2.31. The van der Waals surface area contributed by atoms with Gasteiger partial charge in [-0.3, -0.25) is 9.78 Å². The van der Waals surface area contributed by atoms with Crippen LogP contribution in [0.4, 0.5) is 0 Å². The van der Waals surface area contributed by atoms with Crippen LogP contribution in [0.1, 0.15) is 42.0 Å². The van der Waals surface area contributed by atoms with E-state index in [1.165, 1.54) is 17.5 Å². The smallest absolute Gasteiger partial charge is 0.311 e. The quantitative estimate of drug-likeness (QED) is 0.472. The van der Waals surface area contributed by atoms with Crippen LogP contribution in [-0.4, -0.2) is 21.1 Å². The van der Waals surface area contributed by atoms with Crippen LogP contribution in [0.15, 0.2) is 51.9 Å². The minimum Gasteiger partial charge on any atom is -0.464 e. The van der Waals surface area contributed by atoms with Crippen molar-refractivity contribution in [2.75, 3.05) is 0 Å². The highest BCUT2D eigenvalue weighted by Gasteiger charge is 2.21. The third-order valence-corrected chi connectivity index (χ3v) is 5.22. The molecule has 0 N–H and O–H groups in total. The molecule has 7 nitrogen and oxygen atoms in total. The Morgan fingerprint density at radius 1 is 1.28 bits per heavy atom. The number of esters is 1. The summed E-state index contributed by atoms with van der Waals surface area (Å²) in [5.41, 5.74) is 5.07. The predicted molar refractivity (Wildman–Crippen MR) is 104 cm³/mol. The Morgan fingerprint density at radius 2 is 2.14 bits per heavy atom. The number of fused-ring (bicyclic) bond motifs is 2. The lowest BCUT2D eigenvalue weighted by molar-refractivity contribution is -0.148. The Labute approximate surface area is 166 Å². The molecule has 146 valence electrons. The molecule has 1 aromatic carbocycles. The molecule has 5 rings (SSSR count). The largest absolute Gasteiger partial charge is 0.464 e. The summed E-state index contributed by atoms with van der Waals surface area (Å²) in [7, 11) is 0. The summed E-state index contributed by atoms with van der Waals surface area (Å²) in [5.74, 6) is 0.277. The van der Waals surface area contributed by atoms with E-state index in [2.05, 4.69) is 27.3 Å². The van der Waals surface area contributed by atoms with Crippen molar-refractivity contribution < 1.29 is 18.5 Å². The number of carbonyl (C=O) groups excluding carboxylic acids is 1. The van der Waals surface area contributed by atoms with Gasteiger partial charge < -0.3 is 13.7 Å². The molecule has 1 unspecified atom stereocenters. The fourth-order valence-corrected chi connectivity index (χ4v) is 3.74. The van der Waals surface area contributed by atoms with Crippen LogP contribution >= 0.6 is 0 Å². The van der Waals surface area contributed by atoms with Crippen LogP contribution in [-0.2, 0) is 28.8 Å². The zero-order valence-electron chi connectivity index (χ0n) is 15.9. The van der Waals surface area contributed by atoms with Crippen LogP contribution in [0.3, 0.4) is 0 Å². The number of ether oxygens (including phenoxy) is 1. The van der Waals surface area contributed by atoms with Crippen molar-refractivity contribution in [3.8, 4) is 11.4 Å². The number of benzene rings is 1. The number of aromatic nitrogens is 3. The molecule has 1 aliphatic carbocycles. The highest BCUT2D eigenvalue weighted by atomic mass is 16.6. The predicted octanol–water partition coefficient (Wildman–Crippen LogP) is 4.21. The van der Waals surface area contributed by atoms with Gasteiger partial charge in [0.1, 0.15) is 5.58 Å². The van der Waals surface area contributed by atoms with Crippen molar-refractivity contribution >= 4 is 16.9 Å². The lowest BCUT2D eigenvalue weighted by Crippen LogP contribution is -2.11. The number of carbonyl (C=O) groups is 1. The van der Waals surface area contributed by atoms with Gasteiger partial charge in [-0.05, 0) is 61.6 Å². The van der Waals surface area contributed by atoms with E-state index in [4.69, 9.17) is 13.7 Å². The number of nitrogens with zero attached hydrogens (tertiary/aromatic N) is 3. The summed E-state index contributed by atoms with van der Waals surface area (Å²) in [4.78, 5) is 20.8. The molecule has 0 bridgehead atoms. The summed E-state index contributed by atoms with van der Waals surface area (Å²) >= 11 is 0. The Kier molecular flexibility index (Phi) is 4.35. The van der Waals surface area contributed by atoms with E-state index in [1.54, 1.807) is 31.6 Å². The lowest BCUT2D eigenvalue weighted by Gasteiger charge is -2.08. The Balaban J connectivity index is 1.29. The molecule has 0 fully saturated rings. The number of hydrogen-bond acceptors (Lipinski definition) is 7. The van der Waals surface area contributed by atoms with Gasteiger partial charge in [-0.1, -0.05) is 5.16 Å². The number of hydrogen-bond donors (Lipinski definition) is 0. The Hall–Kier alpha value is -3.48.